The number of nitrogens with zero attached hydrogens (tertiary/aromatic N) is 1. The molecule has 0 saturated heterocycles. The zero-order valence-corrected chi connectivity index (χ0v) is 20.7. The number of halogens is 1. The summed E-state index contributed by atoms with van der Waals surface area (Å²) in [5.41, 5.74) is 5.15. The number of benzene rings is 2. The van der Waals surface area contributed by atoms with E-state index in [9.17, 15) is 10.00 Å². The van der Waals surface area contributed by atoms with Crippen LogP contribution in [0.15, 0.2) is 54.6 Å². The summed E-state index contributed by atoms with van der Waals surface area (Å²) < 4.78 is 11.4. The van der Waals surface area contributed by atoms with Crippen LogP contribution in [0.25, 0.3) is 22.3 Å². The number of rotatable bonds is 8. The number of fused-ring (bicyclic) bond motifs is 1. The van der Waals surface area contributed by atoms with Gasteiger partial charge in [0, 0.05) is 22.3 Å². The number of ether oxygens (including phenoxy) is 1. The van der Waals surface area contributed by atoms with Gasteiger partial charge in [0.05, 0.1) is 35.0 Å². The van der Waals surface area contributed by atoms with Crippen LogP contribution in [0.1, 0.15) is 30.9 Å². The highest BCUT2D eigenvalue weighted by Crippen LogP contribution is 2.48. The van der Waals surface area contributed by atoms with Gasteiger partial charge in [0.15, 0.2) is 5.88 Å². The summed E-state index contributed by atoms with van der Waals surface area (Å²) in [7, 11) is -1.68. The Morgan fingerprint density at radius 3 is 2.56 bits per heavy atom. The summed E-state index contributed by atoms with van der Waals surface area (Å²) in [6.07, 6.45) is 2.04. The third kappa shape index (κ3) is 4.45. The van der Waals surface area contributed by atoms with Gasteiger partial charge in [0.25, 0.3) is 0 Å². The summed E-state index contributed by atoms with van der Waals surface area (Å²) in [5, 5.41) is 10.9. The van der Waals surface area contributed by atoms with Crippen molar-refractivity contribution in [1.82, 2.24) is 9.97 Å². The molecule has 1 aliphatic rings. The molecule has 1 saturated carbocycles. The van der Waals surface area contributed by atoms with Gasteiger partial charge < -0.3 is 24.2 Å². The molecule has 1 aliphatic carbocycles. The van der Waals surface area contributed by atoms with E-state index in [1.807, 2.05) is 50.2 Å². The van der Waals surface area contributed by atoms with Crippen LogP contribution in [-0.4, -0.2) is 33.2 Å². The van der Waals surface area contributed by atoms with E-state index in [4.69, 9.17) is 25.8 Å². The van der Waals surface area contributed by atoms with Crippen LogP contribution >= 0.6 is 20.0 Å². The molecule has 34 heavy (non-hydrogen) atoms. The van der Waals surface area contributed by atoms with Gasteiger partial charge in [-0.05, 0) is 56.0 Å². The summed E-state index contributed by atoms with van der Waals surface area (Å²) in [5.74, 6) is 1.12. The second kappa shape index (κ2) is 9.29. The zero-order chi connectivity index (χ0) is 23.9. The van der Waals surface area contributed by atoms with Crippen molar-refractivity contribution in [3.8, 4) is 22.9 Å². The molecule has 1 unspecified atom stereocenters. The highest BCUT2D eigenvalue weighted by atomic mass is 35.5. The lowest BCUT2D eigenvalue weighted by molar-refractivity contribution is 0.255. The van der Waals surface area contributed by atoms with Crippen molar-refractivity contribution in [2.45, 2.75) is 32.1 Å². The van der Waals surface area contributed by atoms with Gasteiger partial charge in [0.1, 0.15) is 5.75 Å². The number of aliphatic hydroxyl groups excluding tert-OH is 1. The molecular formula is C26H26ClN2O4P. The molecule has 0 amide bonds. The Morgan fingerprint density at radius 1 is 1.12 bits per heavy atom. The summed E-state index contributed by atoms with van der Waals surface area (Å²) in [6, 6.07) is 17.4. The fourth-order valence-corrected chi connectivity index (χ4v) is 5.37. The standard InChI is InChI=1S/C26H26ClN2O4P/c1-3-32-34(31)23-12-19(9-4-16(23)2)33-24-14-22-21(28-24)13-20(27)25(29-22)17-5-7-18(8-6-17)26(15-30)10-11-26/h4-9,12-14,28,30-31H,3,10-11,15H2,1-2H3. The lowest BCUT2D eigenvalue weighted by Gasteiger charge is -2.13. The number of hydrogen-bond acceptors (Lipinski definition) is 5. The highest BCUT2D eigenvalue weighted by molar-refractivity contribution is 7.55. The summed E-state index contributed by atoms with van der Waals surface area (Å²) >= 11 is 6.58. The van der Waals surface area contributed by atoms with Crippen LogP contribution in [0.3, 0.4) is 0 Å². The first-order chi connectivity index (χ1) is 16.4. The second-order valence-electron chi connectivity index (χ2n) is 8.64. The van der Waals surface area contributed by atoms with Crippen molar-refractivity contribution in [3.05, 3.63) is 70.7 Å². The molecule has 8 heteroatoms. The molecule has 0 aliphatic heterocycles. The molecule has 0 bridgehead atoms. The topological polar surface area (TPSA) is 87.6 Å². The fourth-order valence-electron chi connectivity index (χ4n) is 4.11. The number of pyridine rings is 1. The van der Waals surface area contributed by atoms with Gasteiger partial charge in [-0.15, -0.1) is 0 Å². The van der Waals surface area contributed by atoms with Gasteiger partial charge in [-0.1, -0.05) is 41.9 Å². The number of aromatic amines is 1. The SMILES string of the molecule is CCOP(O)c1cc(Oc2cc3nc(-c4ccc(C5(CO)CC5)cc4)c(Cl)cc3[nH]2)ccc1C. The van der Waals surface area contributed by atoms with E-state index < -0.39 is 8.38 Å². The number of aryl methyl sites for hydroxylation is 1. The Hall–Kier alpha value is -2.47. The lowest BCUT2D eigenvalue weighted by Crippen LogP contribution is -2.11. The van der Waals surface area contributed by atoms with Gasteiger partial charge >= 0.3 is 0 Å². The first kappa shape index (κ1) is 23.3. The molecule has 2 heterocycles. The van der Waals surface area contributed by atoms with E-state index in [1.54, 1.807) is 6.07 Å². The summed E-state index contributed by atoms with van der Waals surface area (Å²) in [4.78, 5) is 18.3. The first-order valence-electron chi connectivity index (χ1n) is 11.2. The van der Waals surface area contributed by atoms with Gasteiger partial charge in [0.2, 0.25) is 8.38 Å². The fraction of sp³-hybridized carbons (Fsp3) is 0.269. The largest absolute Gasteiger partial charge is 0.441 e. The third-order valence-corrected chi connectivity index (χ3v) is 8.01. The predicted octanol–water partition coefficient (Wildman–Crippen LogP) is 5.97. The van der Waals surface area contributed by atoms with Crippen LogP contribution in [0, 0.1) is 6.92 Å². The maximum atomic E-state index is 10.3. The van der Waals surface area contributed by atoms with Crippen molar-refractivity contribution in [3.63, 3.8) is 0 Å². The van der Waals surface area contributed by atoms with Crippen LogP contribution < -0.4 is 10.0 Å². The van der Waals surface area contributed by atoms with E-state index in [0.29, 0.717) is 29.0 Å². The molecule has 1 atom stereocenters. The number of aliphatic hydroxyl groups is 1. The van der Waals surface area contributed by atoms with Gasteiger partial charge in [-0.2, -0.15) is 0 Å². The molecule has 4 aromatic rings. The monoisotopic (exact) mass is 496 g/mol. The number of aromatic nitrogens is 2. The van der Waals surface area contributed by atoms with E-state index >= 15 is 0 Å². The normalized spacial score (nSPS) is 15.4. The molecule has 5 rings (SSSR count). The third-order valence-electron chi connectivity index (χ3n) is 6.32. The Bertz CT molecular complexity index is 1330. The number of hydrogen-bond donors (Lipinski definition) is 3. The average Bonchev–Trinajstić information content (AvgIpc) is 3.54. The maximum Gasteiger partial charge on any atom is 0.202 e. The Morgan fingerprint density at radius 2 is 1.88 bits per heavy atom. The molecule has 6 nitrogen and oxygen atoms in total. The minimum absolute atomic E-state index is 0.0672. The molecule has 0 spiro atoms. The van der Waals surface area contributed by atoms with Gasteiger partial charge in [-0.3, -0.25) is 0 Å². The molecular weight excluding hydrogens is 471 g/mol. The van der Waals surface area contributed by atoms with Crippen LogP contribution in [0.5, 0.6) is 11.6 Å². The maximum absolute atomic E-state index is 10.3. The molecule has 0 radical (unpaired) electrons. The van der Waals surface area contributed by atoms with E-state index in [2.05, 4.69) is 17.1 Å². The van der Waals surface area contributed by atoms with Crippen LogP contribution in [-0.2, 0) is 9.94 Å². The van der Waals surface area contributed by atoms with E-state index in [-0.39, 0.29) is 12.0 Å². The smallest absolute Gasteiger partial charge is 0.202 e. The van der Waals surface area contributed by atoms with Crippen LogP contribution in [0.4, 0.5) is 0 Å². The minimum atomic E-state index is -1.68. The zero-order valence-electron chi connectivity index (χ0n) is 19.0. The highest BCUT2D eigenvalue weighted by Gasteiger charge is 2.43. The van der Waals surface area contributed by atoms with E-state index in [0.717, 1.165) is 45.9 Å². The van der Waals surface area contributed by atoms with Crippen molar-refractivity contribution in [2.75, 3.05) is 13.2 Å². The second-order valence-corrected chi connectivity index (χ2v) is 10.3. The predicted molar refractivity (Wildman–Crippen MR) is 136 cm³/mol. The summed E-state index contributed by atoms with van der Waals surface area (Å²) in [6.45, 7) is 4.40. The van der Waals surface area contributed by atoms with Gasteiger partial charge in [-0.25, -0.2) is 4.98 Å². The van der Waals surface area contributed by atoms with Crippen molar-refractivity contribution < 1.29 is 19.3 Å². The molecule has 176 valence electrons. The molecule has 2 aromatic carbocycles. The molecule has 2 aromatic heterocycles. The Labute approximate surface area is 204 Å². The minimum Gasteiger partial charge on any atom is -0.441 e. The first-order valence-corrected chi connectivity index (χ1v) is 12.8. The van der Waals surface area contributed by atoms with E-state index in [1.165, 1.54) is 0 Å². The quantitative estimate of drug-likeness (QED) is 0.261. The Balaban J connectivity index is 1.41. The average molecular weight is 497 g/mol. The van der Waals surface area contributed by atoms with Crippen molar-refractivity contribution in [2.24, 2.45) is 0 Å². The van der Waals surface area contributed by atoms with Crippen LogP contribution in [0.2, 0.25) is 5.02 Å². The number of H-pyrrole nitrogens is 1. The molecule has 1 fully saturated rings. The number of nitrogens with one attached hydrogen (secondary N) is 1. The molecule has 3 N–H and O–H groups in total. The van der Waals surface area contributed by atoms with Crippen molar-refractivity contribution >= 4 is 36.3 Å². The lowest BCUT2D eigenvalue weighted by atomic mass is 9.95. The van der Waals surface area contributed by atoms with Crippen molar-refractivity contribution in [1.29, 1.82) is 0 Å². The Kier molecular flexibility index (Phi) is 6.36.